The van der Waals surface area contributed by atoms with Crippen LogP contribution in [-0.4, -0.2) is 0 Å². The van der Waals surface area contributed by atoms with Crippen LogP contribution in [-0.2, 0) is 0 Å². The first-order valence-corrected chi connectivity index (χ1v) is 6.85. The Balaban J connectivity index is 2.36. The van der Waals surface area contributed by atoms with Crippen LogP contribution in [0.2, 0.25) is 0 Å². The molecule has 1 atom stereocenters. The van der Waals surface area contributed by atoms with E-state index in [0.29, 0.717) is 0 Å². The first-order chi connectivity index (χ1) is 8.10. The highest BCUT2D eigenvalue weighted by Crippen LogP contribution is 2.32. The van der Waals surface area contributed by atoms with Crippen LogP contribution >= 0.6 is 11.3 Å². The molecule has 0 fully saturated rings. The zero-order chi connectivity index (χ0) is 12.4. The molecule has 1 aromatic carbocycles. The zero-order valence-corrected chi connectivity index (χ0v) is 11.5. The molecule has 0 aliphatic rings. The molecule has 0 amide bonds. The maximum atomic E-state index is 6.06. The third kappa shape index (κ3) is 2.76. The molecular formula is C15H19NS. The Morgan fingerprint density at radius 2 is 1.76 bits per heavy atom. The molecule has 0 aliphatic carbocycles. The van der Waals surface area contributed by atoms with Gasteiger partial charge in [0.2, 0.25) is 0 Å². The average Bonchev–Trinajstić information content (AvgIpc) is 2.76. The largest absolute Gasteiger partial charge is 0.323 e. The van der Waals surface area contributed by atoms with Gasteiger partial charge in [-0.15, -0.1) is 11.3 Å². The van der Waals surface area contributed by atoms with Gasteiger partial charge in [0.1, 0.15) is 0 Å². The van der Waals surface area contributed by atoms with Gasteiger partial charge in [-0.2, -0.15) is 0 Å². The monoisotopic (exact) mass is 245 g/mol. The Morgan fingerprint density at radius 3 is 2.35 bits per heavy atom. The highest BCUT2D eigenvalue weighted by Gasteiger charge is 2.08. The predicted molar refractivity (Wildman–Crippen MR) is 76.4 cm³/mol. The minimum atomic E-state index is 0.180. The van der Waals surface area contributed by atoms with Crippen molar-refractivity contribution in [3.05, 3.63) is 46.3 Å². The fourth-order valence-electron chi connectivity index (χ4n) is 2.03. The Bertz CT molecular complexity index is 493. The van der Waals surface area contributed by atoms with E-state index in [-0.39, 0.29) is 6.04 Å². The molecular weight excluding hydrogens is 226 g/mol. The van der Waals surface area contributed by atoms with Crippen LogP contribution in [0.4, 0.5) is 0 Å². The number of rotatable bonds is 3. The Morgan fingerprint density at radius 1 is 1.12 bits per heavy atom. The van der Waals surface area contributed by atoms with E-state index in [4.69, 9.17) is 5.73 Å². The second-order valence-electron chi connectivity index (χ2n) is 4.59. The summed E-state index contributed by atoms with van der Waals surface area (Å²) in [6.45, 7) is 6.41. The molecule has 17 heavy (non-hydrogen) atoms. The van der Waals surface area contributed by atoms with Crippen LogP contribution in [0, 0.1) is 13.8 Å². The van der Waals surface area contributed by atoms with Crippen LogP contribution in [0.1, 0.15) is 35.4 Å². The van der Waals surface area contributed by atoms with Gasteiger partial charge in [-0.05, 0) is 38.0 Å². The Labute approximate surface area is 107 Å². The first kappa shape index (κ1) is 12.3. The van der Waals surface area contributed by atoms with Gasteiger partial charge in [-0.1, -0.05) is 36.2 Å². The molecule has 0 aliphatic heterocycles. The fourth-order valence-corrected chi connectivity index (χ4v) is 3.11. The van der Waals surface area contributed by atoms with E-state index in [2.05, 4.69) is 51.1 Å². The van der Waals surface area contributed by atoms with Crippen molar-refractivity contribution in [1.82, 2.24) is 0 Å². The normalized spacial score (nSPS) is 12.7. The molecule has 2 rings (SSSR count). The van der Waals surface area contributed by atoms with Crippen LogP contribution in [0.25, 0.3) is 10.4 Å². The van der Waals surface area contributed by atoms with E-state index < -0.39 is 0 Å². The van der Waals surface area contributed by atoms with Crippen molar-refractivity contribution in [2.75, 3.05) is 0 Å². The van der Waals surface area contributed by atoms with Crippen molar-refractivity contribution in [1.29, 1.82) is 0 Å². The molecule has 0 saturated carbocycles. The molecule has 0 saturated heterocycles. The number of thiophene rings is 1. The van der Waals surface area contributed by atoms with Crippen LogP contribution in [0.15, 0.2) is 30.3 Å². The molecule has 0 radical (unpaired) electrons. The van der Waals surface area contributed by atoms with E-state index >= 15 is 0 Å². The van der Waals surface area contributed by atoms with Gasteiger partial charge < -0.3 is 5.73 Å². The first-order valence-electron chi connectivity index (χ1n) is 6.04. The standard InChI is InChI=1S/C15H19NS/c1-4-13(16)15-6-5-14(17-15)12-8-10(2)7-11(3)9-12/h5-9,13H,4,16H2,1-3H3. The van der Waals surface area contributed by atoms with Crippen molar-refractivity contribution in [2.45, 2.75) is 33.2 Å². The molecule has 2 aromatic rings. The molecule has 1 nitrogen and oxygen atoms in total. The fraction of sp³-hybridized carbons (Fsp3) is 0.333. The molecule has 0 bridgehead atoms. The molecule has 2 N–H and O–H groups in total. The summed E-state index contributed by atoms with van der Waals surface area (Å²) in [7, 11) is 0. The lowest BCUT2D eigenvalue weighted by Crippen LogP contribution is -2.05. The van der Waals surface area contributed by atoms with Gasteiger partial charge in [-0.3, -0.25) is 0 Å². The summed E-state index contributed by atoms with van der Waals surface area (Å²) >= 11 is 1.81. The number of aryl methyl sites for hydroxylation is 2. The number of benzene rings is 1. The summed E-state index contributed by atoms with van der Waals surface area (Å²) in [6.07, 6.45) is 0.993. The molecule has 90 valence electrons. The SMILES string of the molecule is CCC(N)c1ccc(-c2cc(C)cc(C)c2)s1. The van der Waals surface area contributed by atoms with Crippen molar-refractivity contribution >= 4 is 11.3 Å². The van der Waals surface area contributed by atoms with Gasteiger partial charge in [-0.25, -0.2) is 0 Å². The quantitative estimate of drug-likeness (QED) is 0.850. The summed E-state index contributed by atoms with van der Waals surface area (Å²) in [6, 6.07) is 11.2. The average molecular weight is 245 g/mol. The number of nitrogens with two attached hydrogens (primary N) is 1. The number of hydrogen-bond donors (Lipinski definition) is 1. The molecule has 1 aromatic heterocycles. The van der Waals surface area contributed by atoms with Crippen LogP contribution in [0.3, 0.4) is 0 Å². The zero-order valence-electron chi connectivity index (χ0n) is 10.7. The van der Waals surface area contributed by atoms with Crippen molar-refractivity contribution in [3.8, 4) is 10.4 Å². The smallest absolute Gasteiger partial charge is 0.0387 e. The van der Waals surface area contributed by atoms with Gasteiger partial charge in [0.15, 0.2) is 0 Å². The summed E-state index contributed by atoms with van der Waals surface area (Å²) in [5, 5.41) is 0. The van der Waals surface area contributed by atoms with Gasteiger partial charge >= 0.3 is 0 Å². The topological polar surface area (TPSA) is 26.0 Å². The molecule has 0 spiro atoms. The van der Waals surface area contributed by atoms with E-state index in [1.165, 1.54) is 26.4 Å². The summed E-state index contributed by atoms with van der Waals surface area (Å²) in [5.41, 5.74) is 9.99. The lowest BCUT2D eigenvalue weighted by molar-refractivity contribution is 0.712. The molecule has 1 unspecified atom stereocenters. The summed E-state index contributed by atoms with van der Waals surface area (Å²) < 4.78 is 0. The minimum Gasteiger partial charge on any atom is -0.323 e. The van der Waals surface area contributed by atoms with Crippen molar-refractivity contribution in [3.63, 3.8) is 0 Å². The third-order valence-electron chi connectivity index (χ3n) is 2.94. The van der Waals surface area contributed by atoms with E-state index in [1.807, 2.05) is 11.3 Å². The lowest BCUT2D eigenvalue weighted by Gasteiger charge is -2.05. The van der Waals surface area contributed by atoms with Crippen molar-refractivity contribution < 1.29 is 0 Å². The maximum absolute atomic E-state index is 6.06. The minimum absolute atomic E-state index is 0.180. The second kappa shape index (κ2) is 5.03. The molecule has 1 heterocycles. The van der Waals surface area contributed by atoms with Gasteiger partial charge in [0, 0.05) is 15.8 Å². The predicted octanol–water partition coefficient (Wildman–Crippen LogP) is 4.44. The van der Waals surface area contributed by atoms with Crippen molar-refractivity contribution in [2.24, 2.45) is 5.73 Å². The van der Waals surface area contributed by atoms with E-state index in [1.54, 1.807) is 0 Å². The van der Waals surface area contributed by atoms with E-state index in [9.17, 15) is 0 Å². The number of hydrogen-bond acceptors (Lipinski definition) is 2. The van der Waals surface area contributed by atoms with E-state index in [0.717, 1.165) is 6.42 Å². The van der Waals surface area contributed by atoms with Crippen LogP contribution in [0.5, 0.6) is 0 Å². The van der Waals surface area contributed by atoms with Gasteiger partial charge in [0.25, 0.3) is 0 Å². The molecule has 2 heteroatoms. The van der Waals surface area contributed by atoms with Gasteiger partial charge in [0.05, 0.1) is 0 Å². The Hall–Kier alpha value is -1.12. The lowest BCUT2D eigenvalue weighted by atomic mass is 10.1. The highest BCUT2D eigenvalue weighted by atomic mass is 32.1. The second-order valence-corrected chi connectivity index (χ2v) is 5.71. The Kier molecular flexibility index (Phi) is 3.65. The van der Waals surface area contributed by atoms with Crippen LogP contribution < -0.4 is 5.73 Å². The third-order valence-corrected chi connectivity index (χ3v) is 4.20. The maximum Gasteiger partial charge on any atom is 0.0387 e. The summed E-state index contributed by atoms with van der Waals surface area (Å²) in [4.78, 5) is 2.59. The highest BCUT2D eigenvalue weighted by molar-refractivity contribution is 7.15. The summed E-state index contributed by atoms with van der Waals surface area (Å²) in [5.74, 6) is 0.